The standard InChI is InChI=1S/C27H30N6O3/c1-5-27(2,3)29-26(35)25(19-9-8-16-28-17-19)33(20-12-14-21(36-4)15-13-20)24(34)18-32-23-11-7-6-10-22(23)30-31-32/h6-17,25H,5,18H2,1-4H3,(H,29,35)/t25-/m0/s1. The van der Waals surface area contributed by atoms with Crippen molar-refractivity contribution in [2.75, 3.05) is 12.0 Å². The molecule has 0 aliphatic rings. The van der Waals surface area contributed by atoms with Gasteiger partial charge in [-0.25, -0.2) is 4.68 Å². The van der Waals surface area contributed by atoms with Crippen LogP contribution in [0.4, 0.5) is 5.69 Å². The van der Waals surface area contributed by atoms with Gasteiger partial charge in [0.2, 0.25) is 11.8 Å². The van der Waals surface area contributed by atoms with E-state index in [0.717, 1.165) is 11.9 Å². The minimum absolute atomic E-state index is 0.103. The number of methoxy groups -OCH3 is 1. The predicted octanol–water partition coefficient (Wildman–Crippen LogP) is 3.91. The van der Waals surface area contributed by atoms with Crippen molar-refractivity contribution < 1.29 is 14.3 Å². The third-order valence-corrected chi connectivity index (χ3v) is 6.18. The molecule has 36 heavy (non-hydrogen) atoms. The van der Waals surface area contributed by atoms with Crippen molar-refractivity contribution >= 4 is 28.5 Å². The van der Waals surface area contributed by atoms with Crippen molar-refractivity contribution in [2.45, 2.75) is 45.3 Å². The fourth-order valence-electron chi connectivity index (χ4n) is 3.86. The summed E-state index contributed by atoms with van der Waals surface area (Å²) in [5.41, 5.74) is 2.09. The van der Waals surface area contributed by atoms with E-state index in [4.69, 9.17) is 4.74 Å². The maximum absolute atomic E-state index is 14.0. The molecule has 1 atom stereocenters. The Labute approximate surface area is 210 Å². The summed E-state index contributed by atoms with van der Waals surface area (Å²) in [6.45, 7) is 5.80. The highest BCUT2D eigenvalue weighted by Gasteiger charge is 2.35. The molecule has 4 aromatic rings. The summed E-state index contributed by atoms with van der Waals surface area (Å²) < 4.78 is 6.84. The number of aromatic nitrogens is 4. The molecule has 2 aromatic heterocycles. The van der Waals surface area contributed by atoms with Gasteiger partial charge in [0.15, 0.2) is 0 Å². The van der Waals surface area contributed by atoms with E-state index in [-0.39, 0.29) is 18.4 Å². The molecule has 2 amide bonds. The first-order chi connectivity index (χ1) is 17.3. The van der Waals surface area contributed by atoms with Gasteiger partial charge in [-0.3, -0.25) is 19.5 Å². The van der Waals surface area contributed by atoms with Crippen LogP contribution in [-0.4, -0.2) is 44.4 Å². The van der Waals surface area contributed by atoms with Crippen LogP contribution in [0.5, 0.6) is 5.75 Å². The zero-order valence-electron chi connectivity index (χ0n) is 20.9. The van der Waals surface area contributed by atoms with Crippen LogP contribution in [0.15, 0.2) is 73.1 Å². The van der Waals surface area contributed by atoms with Gasteiger partial charge in [0.05, 0.1) is 12.6 Å². The Kier molecular flexibility index (Phi) is 7.28. The molecule has 0 saturated heterocycles. The molecular weight excluding hydrogens is 456 g/mol. The molecule has 0 aliphatic carbocycles. The molecule has 0 bridgehead atoms. The van der Waals surface area contributed by atoms with E-state index < -0.39 is 11.6 Å². The third-order valence-electron chi connectivity index (χ3n) is 6.18. The minimum atomic E-state index is -0.958. The first-order valence-electron chi connectivity index (χ1n) is 11.8. The molecule has 0 fully saturated rings. The lowest BCUT2D eigenvalue weighted by Gasteiger charge is -2.34. The number of amides is 2. The number of anilines is 1. The van der Waals surface area contributed by atoms with Crippen LogP contribution in [-0.2, 0) is 16.1 Å². The lowest BCUT2D eigenvalue weighted by Crippen LogP contribution is -2.51. The fraction of sp³-hybridized carbons (Fsp3) is 0.296. The van der Waals surface area contributed by atoms with Gasteiger partial charge < -0.3 is 10.1 Å². The van der Waals surface area contributed by atoms with E-state index in [9.17, 15) is 9.59 Å². The van der Waals surface area contributed by atoms with E-state index in [1.165, 1.54) is 4.90 Å². The van der Waals surface area contributed by atoms with E-state index in [2.05, 4.69) is 20.6 Å². The largest absolute Gasteiger partial charge is 0.497 e. The second-order valence-corrected chi connectivity index (χ2v) is 9.11. The Hall–Kier alpha value is -4.27. The zero-order chi connectivity index (χ0) is 25.7. The summed E-state index contributed by atoms with van der Waals surface area (Å²) in [6, 6.07) is 17.1. The van der Waals surface area contributed by atoms with Gasteiger partial charge >= 0.3 is 0 Å². The second-order valence-electron chi connectivity index (χ2n) is 9.11. The van der Waals surface area contributed by atoms with Gasteiger partial charge in [0, 0.05) is 29.2 Å². The number of fused-ring (bicyclic) bond motifs is 1. The Morgan fingerprint density at radius 3 is 2.50 bits per heavy atom. The Balaban J connectivity index is 1.80. The topological polar surface area (TPSA) is 102 Å². The lowest BCUT2D eigenvalue weighted by molar-refractivity contribution is -0.128. The number of hydrogen-bond acceptors (Lipinski definition) is 6. The van der Waals surface area contributed by atoms with E-state index in [1.54, 1.807) is 60.6 Å². The second kappa shape index (κ2) is 10.6. The van der Waals surface area contributed by atoms with E-state index >= 15 is 0 Å². The van der Waals surface area contributed by atoms with Gasteiger partial charge in [-0.05, 0) is 62.7 Å². The summed E-state index contributed by atoms with van der Waals surface area (Å²) in [4.78, 5) is 33.5. The number of benzene rings is 2. The fourth-order valence-corrected chi connectivity index (χ4v) is 3.86. The van der Waals surface area contributed by atoms with Gasteiger partial charge in [0.25, 0.3) is 0 Å². The number of nitrogens with one attached hydrogen (secondary N) is 1. The number of hydrogen-bond donors (Lipinski definition) is 1. The van der Waals surface area contributed by atoms with Crippen LogP contribution in [0.2, 0.25) is 0 Å². The molecule has 2 heterocycles. The molecule has 9 nitrogen and oxygen atoms in total. The number of ether oxygens (including phenoxy) is 1. The molecule has 4 rings (SSSR count). The maximum atomic E-state index is 14.0. The molecule has 1 N–H and O–H groups in total. The smallest absolute Gasteiger partial charge is 0.249 e. The van der Waals surface area contributed by atoms with Crippen LogP contribution in [0.1, 0.15) is 38.8 Å². The predicted molar refractivity (Wildman–Crippen MR) is 137 cm³/mol. The molecule has 0 saturated carbocycles. The number of rotatable bonds is 9. The van der Waals surface area contributed by atoms with Gasteiger partial charge in [-0.15, -0.1) is 5.10 Å². The van der Waals surface area contributed by atoms with Crippen LogP contribution in [0.3, 0.4) is 0 Å². The first-order valence-corrected chi connectivity index (χ1v) is 11.8. The first kappa shape index (κ1) is 24.8. The minimum Gasteiger partial charge on any atom is -0.497 e. The monoisotopic (exact) mass is 486 g/mol. The number of carbonyl (C=O) groups is 2. The highest BCUT2D eigenvalue weighted by atomic mass is 16.5. The van der Waals surface area contributed by atoms with Crippen molar-refractivity contribution in [1.29, 1.82) is 0 Å². The molecule has 186 valence electrons. The quantitative estimate of drug-likeness (QED) is 0.385. The Morgan fingerprint density at radius 1 is 1.08 bits per heavy atom. The average Bonchev–Trinajstić information content (AvgIpc) is 3.30. The third kappa shape index (κ3) is 5.35. The molecule has 0 radical (unpaired) electrons. The molecule has 0 aliphatic heterocycles. The van der Waals surface area contributed by atoms with Crippen LogP contribution >= 0.6 is 0 Å². The summed E-state index contributed by atoms with van der Waals surface area (Å²) in [6.07, 6.45) is 3.97. The molecule has 2 aromatic carbocycles. The van der Waals surface area contributed by atoms with E-state index in [0.29, 0.717) is 22.5 Å². The summed E-state index contributed by atoms with van der Waals surface area (Å²) in [5, 5.41) is 11.4. The van der Waals surface area contributed by atoms with Crippen molar-refractivity contribution in [3.05, 3.63) is 78.6 Å². The number of para-hydroxylation sites is 1. The Morgan fingerprint density at radius 2 is 1.83 bits per heavy atom. The highest BCUT2D eigenvalue weighted by Crippen LogP contribution is 2.30. The van der Waals surface area contributed by atoms with Crippen LogP contribution in [0, 0.1) is 0 Å². The SMILES string of the molecule is CCC(C)(C)NC(=O)[C@H](c1cccnc1)N(C(=O)Cn1nnc2ccccc21)c1ccc(OC)cc1. The van der Waals surface area contributed by atoms with Gasteiger partial charge in [-0.1, -0.05) is 30.3 Å². The van der Waals surface area contributed by atoms with Crippen LogP contribution < -0.4 is 15.0 Å². The maximum Gasteiger partial charge on any atom is 0.249 e. The number of pyridine rings is 1. The van der Waals surface area contributed by atoms with Crippen molar-refractivity contribution in [1.82, 2.24) is 25.3 Å². The van der Waals surface area contributed by atoms with Gasteiger partial charge in [0.1, 0.15) is 23.9 Å². The zero-order valence-corrected chi connectivity index (χ0v) is 20.9. The number of carbonyl (C=O) groups excluding carboxylic acids is 2. The summed E-state index contributed by atoms with van der Waals surface area (Å²) >= 11 is 0. The number of nitrogens with zero attached hydrogens (tertiary/aromatic N) is 5. The molecular formula is C27H30N6O3. The molecule has 0 unspecified atom stereocenters. The summed E-state index contributed by atoms with van der Waals surface area (Å²) in [5.74, 6) is 0.0134. The van der Waals surface area contributed by atoms with Crippen LogP contribution in [0.25, 0.3) is 11.0 Å². The van der Waals surface area contributed by atoms with Crippen molar-refractivity contribution in [3.63, 3.8) is 0 Å². The molecule has 9 heteroatoms. The van der Waals surface area contributed by atoms with E-state index in [1.807, 2.05) is 45.0 Å². The average molecular weight is 487 g/mol. The van der Waals surface area contributed by atoms with Crippen molar-refractivity contribution in [3.8, 4) is 5.75 Å². The highest BCUT2D eigenvalue weighted by molar-refractivity contribution is 6.01. The lowest BCUT2D eigenvalue weighted by atomic mass is 9.99. The molecule has 0 spiro atoms. The summed E-state index contributed by atoms with van der Waals surface area (Å²) in [7, 11) is 1.58. The Bertz CT molecular complexity index is 1330. The van der Waals surface area contributed by atoms with Gasteiger partial charge in [-0.2, -0.15) is 0 Å². The normalized spacial score (nSPS) is 12.2. The van der Waals surface area contributed by atoms with Crippen molar-refractivity contribution in [2.24, 2.45) is 0 Å².